The number of carbonyl (C=O) groups excluding carboxylic acids is 1. The number of Topliss-reactive ketones (excluding diaryl/α,β-unsaturated/α-hetero) is 1. The molecule has 2 heterocycles. The smallest absolute Gasteiger partial charge is 0.163 e. The van der Waals surface area contributed by atoms with Gasteiger partial charge in [-0.25, -0.2) is 4.39 Å². The van der Waals surface area contributed by atoms with Crippen LogP contribution in [-0.2, 0) is 4.79 Å². The Morgan fingerprint density at radius 3 is 2.88 bits per heavy atom. The maximum atomic E-state index is 13.5. The van der Waals surface area contributed by atoms with Crippen LogP contribution in [0.2, 0.25) is 0 Å². The van der Waals surface area contributed by atoms with Crippen LogP contribution in [0.5, 0.6) is 0 Å². The highest BCUT2D eigenvalue weighted by molar-refractivity contribution is 6.05. The Morgan fingerprint density at radius 2 is 2.12 bits per heavy atom. The van der Waals surface area contributed by atoms with Crippen LogP contribution in [-0.4, -0.2) is 16.6 Å². The van der Waals surface area contributed by atoms with E-state index in [-0.39, 0.29) is 5.78 Å². The van der Waals surface area contributed by atoms with Crippen molar-refractivity contribution in [1.29, 1.82) is 0 Å². The van der Waals surface area contributed by atoms with Gasteiger partial charge in [-0.05, 0) is 37.1 Å². The molecule has 0 fully saturated rings. The zero-order chi connectivity index (χ0) is 17.4. The fourth-order valence-electron chi connectivity index (χ4n) is 3.35. The molecule has 126 valence electrons. The van der Waals surface area contributed by atoms with E-state index in [1.807, 2.05) is 12.1 Å². The van der Waals surface area contributed by atoms with Crippen LogP contribution in [0.15, 0.2) is 59.0 Å². The molecular formula is C19H17FN4O. The van der Waals surface area contributed by atoms with Crippen molar-refractivity contribution < 1.29 is 9.18 Å². The molecule has 1 atom stereocenters. The molecule has 2 aromatic rings. The number of hydrogen-bond donors (Lipinski definition) is 2. The van der Waals surface area contributed by atoms with Gasteiger partial charge in [-0.2, -0.15) is 0 Å². The molecule has 0 spiro atoms. The average Bonchev–Trinajstić information content (AvgIpc) is 2.62. The second-order valence-corrected chi connectivity index (χ2v) is 6.19. The number of nitrogens with two attached hydrogens (primary N) is 1. The standard InChI is InChI=1S/C19H17FN4O/c20-12-6-7-13(14(21)9-12)18-17-15(4-1-5-16(17)25)23-19(24-18)11-3-2-8-22-10-11/h2-3,6-10,18H,1,4-5,21H2,(H,23,24). The molecule has 1 aliphatic carbocycles. The van der Waals surface area contributed by atoms with E-state index in [0.29, 0.717) is 29.1 Å². The number of amidine groups is 1. The number of allylic oxidation sites excluding steroid dienone is 1. The molecule has 1 aromatic heterocycles. The molecule has 4 rings (SSSR count). The number of ketones is 1. The third-order valence-electron chi connectivity index (χ3n) is 4.54. The minimum Gasteiger partial charge on any atom is -0.398 e. The van der Waals surface area contributed by atoms with Crippen molar-refractivity contribution in [1.82, 2.24) is 10.3 Å². The Kier molecular flexibility index (Phi) is 3.80. The van der Waals surface area contributed by atoms with Gasteiger partial charge < -0.3 is 11.1 Å². The van der Waals surface area contributed by atoms with Crippen LogP contribution in [0, 0.1) is 5.82 Å². The third-order valence-corrected chi connectivity index (χ3v) is 4.54. The molecule has 6 heteroatoms. The van der Waals surface area contributed by atoms with Gasteiger partial charge in [0.1, 0.15) is 17.7 Å². The van der Waals surface area contributed by atoms with Crippen molar-refractivity contribution in [3.05, 3.63) is 70.9 Å². The summed E-state index contributed by atoms with van der Waals surface area (Å²) in [6, 6.07) is 7.43. The average molecular weight is 336 g/mol. The lowest BCUT2D eigenvalue weighted by molar-refractivity contribution is -0.116. The molecule has 0 saturated carbocycles. The van der Waals surface area contributed by atoms with E-state index < -0.39 is 11.9 Å². The van der Waals surface area contributed by atoms with E-state index in [1.165, 1.54) is 12.1 Å². The first-order valence-electron chi connectivity index (χ1n) is 8.20. The number of aromatic nitrogens is 1. The van der Waals surface area contributed by atoms with Gasteiger partial charge in [-0.1, -0.05) is 6.07 Å². The molecule has 25 heavy (non-hydrogen) atoms. The van der Waals surface area contributed by atoms with E-state index in [4.69, 9.17) is 10.7 Å². The van der Waals surface area contributed by atoms with E-state index >= 15 is 0 Å². The lowest BCUT2D eigenvalue weighted by Gasteiger charge is -2.31. The van der Waals surface area contributed by atoms with Gasteiger partial charge >= 0.3 is 0 Å². The molecule has 0 amide bonds. The monoisotopic (exact) mass is 336 g/mol. The number of nitrogens with one attached hydrogen (secondary N) is 1. The molecule has 0 saturated heterocycles. The first-order chi connectivity index (χ1) is 12.1. The highest BCUT2D eigenvalue weighted by Gasteiger charge is 2.33. The van der Waals surface area contributed by atoms with Crippen molar-refractivity contribution in [3.63, 3.8) is 0 Å². The minimum absolute atomic E-state index is 0.0662. The zero-order valence-corrected chi connectivity index (χ0v) is 13.5. The number of rotatable bonds is 2. The summed E-state index contributed by atoms with van der Waals surface area (Å²) in [5.41, 5.74) is 9.31. The maximum Gasteiger partial charge on any atom is 0.163 e. The summed E-state index contributed by atoms with van der Waals surface area (Å²) in [4.78, 5) is 21.4. The van der Waals surface area contributed by atoms with Gasteiger partial charge in [0.05, 0.1) is 0 Å². The summed E-state index contributed by atoms with van der Waals surface area (Å²) in [5, 5.41) is 3.29. The molecule has 1 unspecified atom stereocenters. The van der Waals surface area contributed by atoms with Crippen molar-refractivity contribution >= 4 is 17.3 Å². The molecule has 0 radical (unpaired) electrons. The topological polar surface area (TPSA) is 80.4 Å². The van der Waals surface area contributed by atoms with E-state index in [9.17, 15) is 9.18 Å². The number of anilines is 1. The van der Waals surface area contributed by atoms with Gasteiger partial charge in [0.15, 0.2) is 5.78 Å². The molecular weight excluding hydrogens is 319 g/mol. The SMILES string of the molecule is Nc1cc(F)ccc1C1N=C(c2cccnc2)NC2=C1C(=O)CCC2. The zero-order valence-electron chi connectivity index (χ0n) is 13.5. The van der Waals surface area contributed by atoms with Crippen LogP contribution in [0.1, 0.15) is 36.4 Å². The Hall–Kier alpha value is -3.02. The normalized spacial score (nSPS) is 20.0. The Labute approximate surface area is 144 Å². The van der Waals surface area contributed by atoms with Crippen molar-refractivity contribution in [2.45, 2.75) is 25.3 Å². The highest BCUT2D eigenvalue weighted by Crippen LogP contribution is 2.39. The predicted octanol–water partition coefficient (Wildman–Crippen LogP) is 2.90. The summed E-state index contributed by atoms with van der Waals surface area (Å²) >= 11 is 0. The van der Waals surface area contributed by atoms with Crippen LogP contribution < -0.4 is 11.1 Å². The fourth-order valence-corrected chi connectivity index (χ4v) is 3.35. The predicted molar refractivity (Wildman–Crippen MR) is 93.3 cm³/mol. The minimum atomic E-state index is -0.528. The Bertz CT molecular complexity index is 905. The molecule has 5 nitrogen and oxygen atoms in total. The van der Waals surface area contributed by atoms with E-state index in [2.05, 4.69) is 10.3 Å². The lowest BCUT2D eigenvalue weighted by atomic mass is 9.85. The Morgan fingerprint density at radius 1 is 1.24 bits per heavy atom. The van der Waals surface area contributed by atoms with Gasteiger partial charge in [0.2, 0.25) is 0 Å². The first kappa shape index (κ1) is 15.5. The van der Waals surface area contributed by atoms with E-state index in [1.54, 1.807) is 18.5 Å². The first-order valence-corrected chi connectivity index (χ1v) is 8.20. The van der Waals surface area contributed by atoms with Gasteiger partial charge in [0, 0.05) is 46.9 Å². The number of halogens is 1. The van der Waals surface area contributed by atoms with E-state index in [0.717, 1.165) is 24.1 Å². The number of pyridine rings is 1. The quantitative estimate of drug-likeness (QED) is 0.827. The summed E-state index contributed by atoms with van der Waals surface area (Å²) in [6.07, 6.45) is 5.48. The van der Waals surface area contributed by atoms with Gasteiger partial charge in [-0.3, -0.25) is 14.8 Å². The van der Waals surface area contributed by atoms with Gasteiger partial charge in [-0.15, -0.1) is 0 Å². The van der Waals surface area contributed by atoms with Crippen LogP contribution in [0.4, 0.5) is 10.1 Å². The number of hydrogen-bond acceptors (Lipinski definition) is 5. The summed E-state index contributed by atoms with van der Waals surface area (Å²) in [7, 11) is 0. The maximum absolute atomic E-state index is 13.5. The second-order valence-electron chi connectivity index (χ2n) is 6.19. The summed E-state index contributed by atoms with van der Waals surface area (Å²) in [6.45, 7) is 0. The van der Waals surface area contributed by atoms with Crippen LogP contribution in [0.25, 0.3) is 0 Å². The molecule has 1 aromatic carbocycles. The van der Waals surface area contributed by atoms with Crippen molar-refractivity contribution in [2.75, 3.05) is 5.73 Å². The second kappa shape index (κ2) is 6.12. The summed E-state index contributed by atoms with van der Waals surface area (Å²) in [5.74, 6) is 0.308. The van der Waals surface area contributed by atoms with Crippen molar-refractivity contribution in [3.8, 4) is 0 Å². The number of nitrogens with zero attached hydrogens (tertiary/aromatic N) is 2. The largest absolute Gasteiger partial charge is 0.398 e. The van der Waals surface area contributed by atoms with Crippen LogP contribution in [0.3, 0.4) is 0 Å². The lowest BCUT2D eigenvalue weighted by Crippen LogP contribution is -2.35. The number of nitrogen functional groups attached to an aromatic ring is 1. The van der Waals surface area contributed by atoms with Crippen molar-refractivity contribution in [2.24, 2.45) is 4.99 Å². The number of aliphatic imine (C=N–C) groups is 1. The Balaban J connectivity index is 1.86. The van der Waals surface area contributed by atoms with Gasteiger partial charge in [0.25, 0.3) is 0 Å². The third kappa shape index (κ3) is 2.80. The molecule has 3 N–H and O–H groups in total. The number of benzene rings is 1. The number of carbonyl (C=O) groups is 1. The van der Waals surface area contributed by atoms with Crippen LogP contribution >= 0.6 is 0 Å². The molecule has 0 bridgehead atoms. The highest BCUT2D eigenvalue weighted by atomic mass is 19.1. The fraction of sp³-hybridized carbons (Fsp3) is 0.211. The summed E-state index contributed by atoms with van der Waals surface area (Å²) < 4.78 is 13.5. The molecule has 2 aliphatic rings. The molecule has 1 aliphatic heterocycles.